The highest BCUT2D eigenvalue weighted by atomic mass is 16.7. The molecule has 1 aliphatic heterocycles. The largest absolute Gasteiger partial charge is 0.301 e. The minimum Gasteiger partial charge on any atom is -0.301 e. The molecule has 9 heavy (non-hydrogen) atoms. The highest BCUT2D eigenvalue weighted by molar-refractivity contribution is 4.56. The number of hydrogen-bond acceptors (Lipinski definition) is 3. The first-order chi connectivity index (χ1) is 4.43. The van der Waals surface area contributed by atoms with Crippen LogP contribution in [0.3, 0.4) is 0 Å². The van der Waals surface area contributed by atoms with E-state index in [0.29, 0.717) is 0 Å². The third-order valence-electron chi connectivity index (χ3n) is 1.30. The van der Waals surface area contributed by atoms with Crippen LogP contribution in [0.4, 0.5) is 0 Å². The van der Waals surface area contributed by atoms with Crippen LogP contribution in [-0.4, -0.2) is 31.4 Å². The maximum atomic E-state index is 5.32. The Bertz CT molecular complexity index is 71.5. The lowest BCUT2D eigenvalue weighted by molar-refractivity contribution is -0.143. The number of hydroxylamine groups is 2. The van der Waals surface area contributed by atoms with E-state index >= 15 is 0 Å². The van der Waals surface area contributed by atoms with Crippen molar-refractivity contribution in [2.45, 2.75) is 13.3 Å². The van der Waals surface area contributed by atoms with E-state index in [1.54, 1.807) is 0 Å². The molecule has 0 unspecified atom stereocenters. The average Bonchev–Trinajstić information content (AvgIpc) is 2.34. The fraction of sp³-hybridized carbons (Fsp3) is 1.00. The summed E-state index contributed by atoms with van der Waals surface area (Å²) in [6, 6.07) is 0. The summed E-state index contributed by atoms with van der Waals surface area (Å²) in [5.41, 5.74) is 0. The first kappa shape index (κ1) is 6.99. The maximum Gasteiger partial charge on any atom is 0.0732 e. The van der Waals surface area contributed by atoms with Crippen LogP contribution in [0.5, 0.6) is 0 Å². The van der Waals surface area contributed by atoms with Gasteiger partial charge in [-0.15, -0.1) is 0 Å². The summed E-state index contributed by atoms with van der Waals surface area (Å²) in [6.07, 6.45) is 1.09. The smallest absolute Gasteiger partial charge is 0.0732 e. The van der Waals surface area contributed by atoms with Gasteiger partial charge >= 0.3 is 0 Å². The molecule has 0 radical (unpaired) electrons. The van der Waals surface area contributed by atoms with Crippen LogP contribution in [0, 0.1) is 0 Å². The van der Waals surface area contributed by atoms with E-state index in [0.717, 1.165) is 32.8 Å². The second kappa shape index (κ2) is 3.82. The molecule has 0 amide bonds. The first-order valence-corrected chi connectivity index (χ1v) is 3.52. The molecule has 0 aliphatic carbocycles. The van der Waals surface area contributed by atoms with E-state index in [1.165, 1.54) is 0 Å². The van der Waals surface area contributed by atoms with Gasteiger partial charge in [-0.3, -0.25) is 4.84 Å². The third-order valence-corrected chi connectivity index (χ3v) is 1.30. The molecule has 0 bridgehead atoms. The number of nitrogens with zero attached hydrogens (tertiary/aromatic N) is 1. The van der Waals surface area contributed by atoms with Crippen LogP contribution < -0.4 is 5.32 Å². The second-order valence-electron chi connectivity index (χ2n) is 2.20. The lowest BCUT2D eigenvalue weighted by Crippen LogP contribution is -2.22. The predicted octanol–water partition coefficient (Wildman–Crippen LogP) is 0.191. The maximum absolute atomic E-state index is 5.32. The normalized spacial score (nSPS) is 21.0. The van der Waals surface area contributed by atoms with Gasteiger partial charge in [-0.25, -0.2) is 0 Å². The molecule has 54 valence electrons. The van der Waals surface area contributed by atoms with Crippen molar-refractivity contribution in [3.63, 3.8) is 0 Å². The minimum absolute atomic E-state index is 0.849. The summed E-state index contributed by atoms with van der Waals surface area (Å²) in [5.74, 6) is 0. The van der Waals surface area contributed by atoms with Crippen LogP contribution in [0.1, 0.15) is 13.3 Å². The van der Waals surface area contributed by atoms with E-state index in [9.17, 15) is 0 Å². The van der Waals surface area contributed by atoms with Crippen LogP contribution in [0.15, 0.2) is 0 Å². The third kappa shape index (κ3) is 2.30. The van der Waals surface area contributed by atoms with Gasteiger partial charge in [0.15, 0.2) is 0 Å². The Labute approximate surface area is 55.9 Å². The molecule has 0 atom stereocenters. The minimum atomic E-state index is 0.849. The van der Waals surface area contributed by atoms with E-state index in [-0.39, 0.29) is 0 Å². The highest BCUT2D eigenvalue weighted by Gasteiger charge is 2.09. The number of nitrogens with one attached hydrogen (secondary N) is 1. The monoisotopic (exact) mass is 130 g/mol. The van der Waals surface area contributed by atoms with Gasteiger partial charge in [0.1, 0.15) is 0 Å². The Balaban J connectivity index is 1.98. The molecule has 1 saturated heterocycles. The van der Waals surface area contributed by atoms with Crippen molar-refractivity contribution in [2.24, 2.45) is 0 Å². The van der Waals surface area contributed by atoms with Crippen molar-refractivity contribution in [3.05, 3.63) is 0 Å². The summed E-state index contributed by atoms with van der Waals surface area (Å²) in [4.78, 5) is 5.32. The zero-order valence-corrected chi connectivity index (χ0v) is 5.89. The molecule has 3 heteroatoms. The Hall–Kier alpha value is -0.120. The molecule has 1 fully saturated rings. The fourth-order valence-electron chi connectivity index (χ4n) is 0.817. The van der Waals surface area contributed by atoms with E-state index in [2.05, 4.69) is 12.2 Å². The highest BCUT2D eigenvalue weighted by Crippen LogP contribution is 1.93. The van der Waals surface area contributed by atoms with Crippen molar-refractivity contribution in [2.75, 3.05) is 26.4 Å². The Morgan fingerprint density at radius 3 is 3.11 bits per heavy atom. The molecule has 0 aromatic rings. The standard InChI is InChI=1S/C6H14N2O/c1-2-5-9-8-4-3-7-6-8/h7H,2-6H2,1H3. The molecule has 0 spiro atoms. The number of rotatable bonds is 3. The Morgan fingerprint density at radius 2 is 2.56 bits per heavy atom. The van der Waals surface area contributed by atoms with Gasteiger partial charge in [-0.1, -0.05) is 6.92 Å². The average molecular weight is 130 g/mol. The fourth-order valence-corrected chi connectivity index (χ4v) is 0.817. The van der Waals surface area contributed by atoms with Gasteiger partial charge in [0.05, 0.1) is 13.3 Å². The lowest BCUT2D eigenvalue weighted by Gasteiger charge is -2.12. The van der Waals surface area contributed by atoms with Gasteiger partial charge in [0.25, 0.3) is 0 Å². The summed E-state index contributed by atoms with van der Waals surface area (Å²) in [5, 5.41) is 5.14. The van der Waals surface area contributed by atoms with Crippen LogP contribution in [0.25, 0.3) is 0 Å². The van der Waals surface area contributed by atoms with Crippen molar-refractivity contribution in [1.82, 2.24) is 10.4 Å². The van der Waals surface area contributed by atoms with Crippen LogP contribution in [-0.2, 0) is 4.84 Å². The van der Waals surface area contributed by atoms with E-state index in [4.69, 9.17) is 4.84 Å². The quantitative estimate of drug-likeness (QED) is 0.590. The topological polar surface area (TPSA) is 24.5 Å². The summed E-state index contributed by atoms with van der Waals surface area (Å²) in [6.45, 7) is 5.94. The molecule has 0 saturated carbocycles. The molecule has 0 aromatic carbocycles. The van der Waals surface area contributed by atoms with Gasteiger partial charge in [0.2, 0.25) is 0 Å². The summed E-state index contributed by atoms with van der Waals surface area (Å²) >= 11 is 0. The van der Waals surface area contributed by atoms with Crippen molar-refractivity contribution >= 4 is 0 Å². The molecule has 1 rings (SSSR count). The first-order valence-electron chi connectivity index (χ1n) is 3.52. The SMILES string of the molecule is CCCON1CCNC1. The molecular formula is C6H14N2O. The lowest BCUT2D eigenvalue weighted by atomic mass is 10.5. The molecule has 1 N–H and O–H groups in total. The Kier molecular flexibility index (Phi) is 2.97. The van der Waals surface area contributed by atoms with Gasteiger partial charge in [-0.05, 0) is 6.42 Å². The Morgan fingerprint density at radius 1 is 1.67 bits per heavy atom. The predicted molar refractivity (Wildman–Crippen MR) is 35.8 cm³/mol. The van der Waals surface area contributed by atoms with Crippen molar-refractivity contribution in [1.29, 1.82) is 0 Å². The molecule has 1 aliphatic rings. The van der Waals surface area contributed by atoms with E-state index in [1.807, 2.05) is 5.06 Å². The summed E-state index contributed by atoms with van der Waals surface area (Å²) < 4.78 is 0. The number of hydrogen-bond donors (Lipinski definition) is 1. The molecular weight excluding hydrogens is 116 g/mol. The summed E-state index contributed by atoms with van der Waals surface area (Å²) in [7, 11) is 0. The van der Waals surface area contributed by atoms with Gasteiger partial charge in [0, 0.05) is 13.1 Å². The zero-order chi connectivity index (χ0) is 6.53. The van der Waals surface area contributed by atoms with Gasteiger partial charge < -0.3 is 5.32 Å². The van der Waals surface area contributed by atoms with Gasteiger partial charge in [-0.2, -0.15) is 5.06 Å². The molecule has 1 heterocycles. The van der Waals surface area contributed by atoms with Crippen molar-refractivity contribution < 1.29 is 4.84 Å². The zero-order valence-electron chi connectivity index (χ0n) is 5.89. The van der Waals surface area contributed by atoms with Crippen molar-refractivity contribution in [3.8, 4) is 0 Å². The molecule has 3 nitrogen and oxygen atoms in total. The second-order valence-corrected chi connectivity index (χ2v) is 2.20. The van der Waals surface area contributed by atoms with E-state index < -0.39 is 0 Å². The van der Waals surface area contributed by atoms with Crippen LogP contribution >= 0.6 is 0 Å². The molecule has 0 aromatic heterocycles. The van der Waals surface area contributed by atoms with Crippen LogP contribution in [0.2, 0.25) is 0 Å².